The number of esters is 1. The molecule has 5 nitrogen and oxygen atoms in total. The molecule has 0 N–H and O–H groups in total. The average Bonchev–Trinajstić information content (AvgIpc) is 2.99. The first-order valence-electron chi connectivity index (χ1n) is 12.7. The number of hydrogen-bond donors (Lipinski definition) is 0. The summed E-state index contributed by atoms with van der Waals surface area (Å²) in [5.74, 6) is -0.907. The summed E-state index contributed by atoms with van der Waals surface area (Å²) in [7, 11) is -2.02. The maximum absolute atomic E-state index is 12.9. The molecule has 4 atom stereocenters. The van der Waals surface area contributed by atoms with Gasteiger partial charge in [-0.15, -0.1) is 13.2 Å². The molecule has 33 heavy (non-hydrogen) atoms. The molecule has 6 heteroatoms. The Morgan fingerprint density at radius 3 is 2.30 bits per heavy atom. The zero-order valence-electron chi connectivity index (χ0n) is 22.6. The van der Waals surface area contributed by atoms with Gasteiger partial charge in [-0.1, -0.05) is 65.5 Å². The minimum atomic E-state index is -2.02. The molecular weight excluding hydrogens is 432 g/mol. The fourth-order valence-corrected chi connectivity index (χ4v) is 5.12. The number of rotatable bonds is 15. The van der Waals surface area contributed by atoms with Crippen LogP contribution in [0.15, 0.2) is 25.3 Å². The highest BCUT2D eigenvalue weighted by atomic mass is 28.4. The van der Waals surface area contributed by atoms with E-state index in [-0.39, 0.29) is 41.8 Å². The lowest BCUT2D eigenvalue weighted by atomic mass is 10.0. The SMILES string of the molecule is C=C[C@H](CC(=O)O[C@H](CCCCCCC)C[C@@H]1OC(C)(C)O[C@@H]1C=C)O[Si](C)(C)C(C)(C)C. The minimum absolute atomic E-state index is 0.0610. The molecule has 1 saturated heterocycles. The molecule has 0 aromatic carbocycles. The third kappa shape index (κ3) is 10.5. The largest absolute Gasteiger partial charge is 0.462 e. The summed E-state index contributed by atoms with van der Waals surface area (Å²) in [5, 5.41) is 0.0610. The predicted molar refractivity (Wildman–Crippen MR) is 139 cm³/mol. The number of hydrogen-bond acceptors (Lipinski definition) is 5. The Kier molecular flexibility index (Phi) is 12.0. The molecular formula is C27H50O5Si. The zero-order chi connectivity index (χ0) is 25.3. The van der Waals surface area contributed by atoms with E-state index >= 15 is 0 Å². The normalized spacial score (nSPS) is 22.5. The van der Waals surface area contributed by atoms with Crippen LogP contribution in [0.1, 0.15) is 92.9 Å². The molecule has 1 aliphatic rings. The van der Waals surface area contributed by atoms with Gasteiger partial charge in [-0.25, -0.2) is 0 Å². The Hall–Kier alpha value is -0.953. The number of carbonyl (C=O) groups is 1. The summed E-state index contributed by atoms with van der Waals surface area (Å²) >= 11 is 0. The van der Waals surface area contributed by atoms with Gasteiger partial charge in [0.15, 0.2) is 14.1 Å². The van der Waals surface area contributed by atoms with Gasteiger partial charge in [-0.2, -0.15) is 0 Å². The van der Waals surface area contributed by atoms with Crippen molar-refractivity contribution in [3.63, 3.8) is 0 Å². The highest BCUT2D eigenvalue weighted by Gasteiger charge is 2.42. The van der Waals surface area contributed by atoms with Crippen molar-refractivity contribution in [1.29, 1.82) is 0 Å². The van der Waals surface area contributed by atoms with Crippen LogP contribution in [0, 0.1) is 0 Å². The van der Waals surface area contributed by atoms with Crippen LogP contribution in [0.2, 0.25) is 18.1 Å². The van der Waals surface area contributed by atoms with Gasteiger partial charge in [0.05, 0.1) is 18.6 Å². The van der Waals surface area contributed by atoms with E-state index in [1.165, 1.54) is 19.3 Å². The Labute approximate surface area is 204 Å². The first-order valence-corrected chi connectivity index (χ1v) is 15.6. The molecule has 1 rings (SSSR count). The highest BCUT2D eigenvalue weighted by molar-refractivity contribution is 6.74. The molecule has 0 bridgehead atoms. The highest BCUT2D eigenvalue weighted by Crippen LogP contribution is 2.38. The van der Waals surface area contributed by atoms with Crippen molar-refractivity contribution in [1.82, 2.24) is 0 Å². The summed E-state index contributed by atoms with van der Waals surface area (Å²) in [6.07, 6.45) is 9.99. The summed E-state index contributed by atoms with van der Waals surface area (Å²) < 4.78 is 24.4. The van der Waals surface area contributed by atoms with E-state index in [1.807, 2.05) is 13.8 Å². The monoisotopic (exact) mass is 482 g/mol. The molecule has 0 amide bonds. The molecule has 0 aromatic heterocycles. The van der Waals surface area contributed by atoms with Crippen molar-refractivity contribution in [3.8, 4) is 0 Å². The molecule has 0 aromatic rings. The van der Waals surface area contributed by atoms with E-state index in [4.69, 9.17) is 18.6 Å². The fraction of sp³-hybridized carbons (Fsp3) is 0.815. The lowest BCUT2D eigenvalue weighted by Crippen LogP contribution is -2.44. The molecule has 0 aliphatic carbocycles. The Morgan fingerprint density at radius 1 is 1.12 bits per heavy atom. The molecule has 0 unspecified atom stereocenters. The van der Waals surface area contributed by atoms with Crippen LogP contribution in [0.25, 0.3) is 0 Å². The first kappa shape index (κ1) is 30.1. The van der Waals surface area contributed by atoms with Crippen LogP contribution in [0.5, 0.6) is 0 Å². The van der Waals surface area contributed by atoms with E-state index in [9.17, 15) is 4.79 Å². The van der Waals surface area contributed by atoms with Crippen molar-refractivity contribution >= 4 is 14.3 Å². The predicted octanol–water partition coefficient (Wildman–Crippen LogP) is 7.32. The third-order valence-electron chi connectivity index (χ3n) is 6.76. The maximum Gasteiger partial charge on any atom is 0.308 e. The van der Waals surface area contributed by atoms with Crippen LogP contribution in [0.4, 0.5) is 0 Å². The Morgan fingerprint density at radius 2 is 1.76 bits per heavy atom. The molecule has 0 spiro atoms. The van der Waals surface area contributed by atoms with Gasteiger partial charge in [0.2, 0.25) is 0 Å². The minimum Gasteiger partial charge on any atom is -0.462 e. The van der Waals surface area contributed by atoms with Crippen LogP contribution < -0.4 is 0 Å². The topological polar surface area (TPSA) is 54.0 Å². The Balaban J connectivity index is 2.78. The lowest BCUT2D eigenvalue weighted by molar-refractivity contribution is -0.157. The zero-order valence-corrected chi connectivity index (χ0v) is 23.6. The van der Waals surface area contributed by atoms with Gasteiger partial charge >= 0.3 is 5.97 Å². The van der Waals surface area contributed by atoms with Crippen LogP contribution in [-0.4, -0.2) is 44.5 Å². The third-order valence-corrected chi connectivity index (χ3v) is 11.3. The quantitative estimate of drug-likeness (QED) is 0.106. The summed E-state index contributed by atoms with van der Waals surface area (Å²) in [6, 6.07) is 0. The second-order valence-electron chi connectivity index (χ2n) is 11.3. The Bertz CT molecular complexity index is 622. The molecule has 0 radical (unpaired) electrons. The van der Waals surface area contributed by atoms with Gasteiger partial charge in [0.25, 0.3) is 0 Å². The van der Waals surface area contributed by atoms with Crippen molar-refractivity contribution < 1.29 is 23.4 Å². The van der Waals surface area contributed by atoms with Gasteiger partial charge in [-0.05, 0) is 44.8 Å². The van der Waals surface area contributed by atoms with Gasteiger partial charge in [-0.3, -0.25) is 4.79 Å². The molecule has 192 valence electrons. The molecule has 0 saturated carbocycles. The second kappa shape index (κ2) is 13.2. The standard InChI is InChI=1S/C27H50O5Si/c1-11-14-15-16-17-18-22(19-24-23(13-3)30-27(7,8)31-24)29-25(28)20-21(12-2)32-33(9,10)26(4,5)6/h12-13,21-24H,2-3,11,14-20H2,1,4-10H3/t21-,22-,23-,24+/m1/s1. The van der Waals surface area contributed by atoms with E-state index in [0.29, 0.717) is 6.42 Å². The van der Waals surface area contributed by atoms with Crippen LogP contribution in [-0.2, 0) is 23.4 Å². The summed E-state index contributed by atoms with van der Waals surface area (Å²) in [5.41, 5.74) is 0. The van der Waals surface area contributed by atoms with E-state index in [0.717, 1.165) is 19.3 Å². The van der Waals surface area contributed by atoms with Crippen molar-refractivity contribution in [2.24, 2.45) is 0 Å². The van der Waals surface area contributed by atoms with Crippen molar-refractivity contribution in [3.05, 3.63) is 25.3 Å². The molecule has 1 fully saturated rings. The smallest absolute Gasteiger partial charge is 0.308 e. The first-order chi connectivity index (χ1) is 15.2. The van der Waals surface area contributed by atoms with E-state index < -0.39 is 14.1 Å². The van der Waals surface area contributed by atoms with Gasteiger partial charge in [0, 0.05) is 6.42 Å². The maximum atomic E-state index is 12.9. The number of carbonyl (C=O) groups excluding carboxylic acids is 1. The van der Waals surface area contributed by atoms with Gasteiger partial charge in [0.1, 0.15) is 12.2 Å². The summed E-state index contributed by atoms with van der Waals surface area (Å²) in [4.78, 5) is 12.9. The number of ether oxygens (including phenoxy) is 3. The van der Waals surface area contributed by atoms with E-state index in [1.54, 1.807) is 12.2 Å². The van der Waals surface area contributed by atoms with E-state index in [2.05, 4.69) is 53.9 Å². The fourth-order valence-electron chi connectivity index (χ4n) is 3.83. The van der Waals surface area contributed by atoms with Crippen molar-refractivity contribution in [2.75, 3.05) is 0 Å². The summed E-state index contributed by atoms with van der Waals surface area (Å²) in [6.45, 7) is 24.7. The average molecular weight is 483 g/mol. The second-order valence-corrected chi connectivity index (χ2v) is 16.0. The lowest BCUT2D eigenvalue weighted by Gasteiger charge is -2.38. The van der Waals surface area contributed by atoms with Crippen molar-refractivity contribution in [2.45, 2.75) is 141 Å². The van der Waals surface area contributed by atoms with Gasteiger partial charge < -0.3 is 18.6 Å². The molecule has 1 heterocycles. The van der Waals surface area contributed by atoms with Crippen LogP contribution >= 0.6 is 0 Å². The number of unbranched alkanes of at least 4 members (excludes halogenated alkanes) is 4. The van der Waals surface area contributed by atoms with Crippen LogP contribution in [0.3, 0.4) is 0 Å². The molecule has 1 aliphatic heterocycles.